The molecule has 4 heteroatoms. The number of carboxylic acid groups (broad SMARTS) is 2. The molecule has 0 aromatic heterocycles. The van der Waals surface area contributed by atoms with E-state index < -0.39 is 11.9 Å². The highest BCUT2D eigenvalue weighted by molar-refractivity contribution is 6.03. The highest BCUT2D eigenvalue weighted by Gasteiger charge is 2.29. The monoisotopic (exact) mass is 256 g/mol. The van der Waals surface area contributed by atoms with E-state index in [0.717, 1.165) is 21.9 Å². The summed E-state index contributed by atoms with van der Waals surface area (Å²) in [5, 5.41) is 20.0. The van der Waals surface area contributed by atoms with E-state index in [1.165, 1.54) is 6.07 Å². The molecule has 0 spiro atoms. The van der Waals surface area contributed by atoms with Crippen molar-refractivity contribution in [1.82, 2.24) is 0 Å². The van der Waals surface area contributed by atoms with Gasteiger partial charge >= 0.3 is 11.9 Å². The van der Waals surface area contributed by atoms with Gasteiger partial charge in [-0.1, -0.05) is 13.0 Å². The molecule has 3 rings (SSSR count). The summed E-state index contributed by atoms with van der Waals surface area (Å²) in [7, 11) is 0. The normalized spacial score (nSPS) is 16.8. The zero-order chi connectivity index (χ0) is 13.7. The zero-order valence-corrected chi connectivity index (χ0v) is 10.3. The van der Waals surface area contributed by atoms with Crippen LogP contribution >= 0.6 is 0 Å². The van der Waals surface area contributed by atoms with E-state index in [-0.39, 0.29) is 11.5 Å². The smallest absolute Gasteiger partial charge is 0.336 e. The van der Waals surface area contributed by atoms with Gasteiger partial charge in [-0.2, -0.15) is 0 Å². The number of carbonyl (C=O) groups is 2. The summed E-state index contributed by atoms with van der Waals surface area (Å²) < 4.78 is 0. The molecule has 0 saturated carbocycles. The van der Waals surface area contributed by atoms with Gasteiger partial charge in [0.1, 0.15) is 0 Å². The number of hydrogen-bond acceptors (Lipinski definition) is 2. The maximum absolute atomic E-state index is 11.4. The molecule has 19 heavy (non-hydrogen) atoms. The van der Waals surface area contributed by atoms with Crippen LogP contribution in [-0.4, -0.2) is 22.2 Å². The van der Waals surface area contributed by atoms with Crippen molar-refractivity contribution in [2.75, 3.05) is 0 Å². The van der Waals surface area contributed by atoms with Gasteiger partial charge in [0, 0.05) is 0 Å². The Morgan fingerprint density at radius 2 is 1.89 bits per heavy atom. The molecular weight excluding hydrogens is 244 g/mol. The van der Waals surface area contributed by atoms with E-state index in [1.54, 1.807) is 12.1 Å². The van der Waals surface area contributed by atoms with Gasteiger partial charge in [-0.25, -0.2) is 9.59 Å². The lowest BCUT2D eigenvalue weighted by atomic mass is 9.98. The van der Waals surface area contributed by atoms with Crippen molar-refractivity contribution in [3.63, 3.8) is 0 Å². The van der Waals surface area contributed by atoms with Crippen molar-refractivity contribution in [3.8, 4) is 0 Å². The Kier molecular flexibility index (Phi) is 2.35. The lowest BCUT2D eigenvalue weighted by molar-refractivity contribution is 0.0685. The molecule has 96 valence electrons. The highest BCUT2D eigenvalue weighted by Crippen LogP contribution is 2.40. The second-order valence-corrected chi connectivity index (χ2v) is 4.97. The lowest BCUT2D eigenvalue weighted by Gasteiger charge is -2.07. The molecule has 0 heterocycles. The van der Waals surface area contributed by atoms with Gasteiger partial charge < -0.3 is 10.2 Å². The molecule has 0 aliphatic heterocycles. The van der Waals surface area contributed by atoms with E-state index in [2.05, 4.69) is 0 Å². The van der Waals surface area contributed by atoms with Crippen LogP contribution in [0.4, 0.5) is 0 Å². The van der Waals surface area contributed by atoms with Crippen molar-refractivity contribution in [2.24, 2.45) is 0 Å². The first-order valence-electron chi connectivity index (χ1n) is 6.05. The predicted molar refractivity (Wildman–Crippen MR) is 70.0 cm³/mol. The summed E-state index contributed by atoms with van der Waals surface area (Å²) in [5.41, 5.74) is 2.24. The van der Waals surface area contributed by atoms with Gasteiger partial charge in [-0.3, -0.25) is 0 Å². The Morgan fingerprint density at radius 3 is 2.53 bits per heavy atom. The topological polar surface area (TPSA) is 74.6 Å². The summed E-state index contributed by atoms with van der Waals surface area (Å²) in [6, 6.07) is 6.65. The number of rotatable bonds is 2. The zero-order valence-electron chi connectivity index (χ0n) is 10.3. The summed E-state index contributed by atoms with van der Waals surface area (Å²) >= 11 is 0. The minimum Gasteiger partial charge on any atom is -0.478 e. The van der Waals surface area contributed by atoms with E-state index >= 15 is 0 Å². The predicted octanol–water partition coefficient (Wildman–Crippen LogP) is 2.90. The summed E-state index contributed by atoms with van der Waals surface area (Å²) in [5.74, 6) is -1.71. The van der Waals surface area contributed by atoms with Gasteiger partial charge in [0.15, 0.2) is 0 Å². The van der Waals surface area contributed by atoms with E-state index in [4.69, 9.17) is 5.11 Å². The van der Waals surface area contributed by atoms with Crippen LogP contribution in [0.5, 0.6) is 0 Å². The molecule has 1 atom stereocenters. The maximum Gasteiger partial charge on any atom is 0.336 e. The number of benzene rings is 2. The molecule has 0 saturated heterocycles. The van der Waals surface area contributed by atoms with Crippen LogP contribution in [-0.2, 0) is 6.42 Å². The molecular formula is C15H12O4. The van der Waals surface area contributed by atoms with Crippen molar-refractivity contribution in [2.45, 2.75) is 19.3 Å². The molecule has 0 fully saturated rings. The number of aromatic carboxylic acids is 2. The summed E-state index contributed by atoms with van der Waals surface area (Å²) in [6.07, 6.45) is 0.701. The van der Waals surface area contributed by atoms with Crippen LogP contribution in [0, 0.1) is 0 Å². The standard InChI is InChI=1S/C15H12O4/c1-7-4-12-10-3-2-8(14(16)17)5-9(10)6-11(7)13(12)15(18)19/h2-3,5-7H,4H2,1H3,(H,16,17)(H,18,19). The van der Waals surface area contributed by atoms with E-state index in [0.29, 0.717) is 12.0 Å². The van der Waals surface area contributed by atoms with Crippen LogP contribution in [0.1, 0.15) is 44.7 Å². The summed E-state index contributed by atoms with van der Waals surface area (Å²) in [6.45, 7) is 1.99. The van der Waals surface area contributed by atoms with Crippen molar-refractivity contribution >= 4 is 22.7 Å². The maximum atomic E-state index is 11.4. The number of fused-ring (bicyclic) bond motifs is 4. The Bertz CT molecular complexity index is 730. The molecule has 1 aliphatic rings. The minimum absolute atomic E-state index is 0.168. The van der Waals surface area contributed by atoms with E-state index in [1.807, 2.05) is 13.0 Å². The van der Waals surface area contributed by atoms with Gasteiger partial charge in [0.2, 0.25) is 0 Å². The third-order valence-electron chi connectivity index (χ3n) is 3.78. The van der Waals surface area contributed by atoms with Gasteiger partial charge in [0.05, 0.1) is 11.1 Å². The first kappa shape index (κ1) is 11.7. The Labute approximate surface area is 109 Å². The molecule has 1 unspecified atom stereocenters. The van der Waals surface area contributed by atoms with Gasteiger partial charge in [-0.05, 0) is 52.4 Å². The fraction of sp³-hybridized carbons (Fsp3) is 0.200. The lowest BCUT2D eigenvalue weighted by Crippen LogP contribution is -2.02. The minimum atomic E-state index is -0.973. The molecule has 0 amide bonds. The van der Waals surface area contributed by atoms with Gasteiger partial charge in [0.25, 0.3) is 0 Å². The molecule has 4 nitrogen and oxygen atoms in total. The second kappa shape index (κ2) is 3.82. The first-order valence-corrected chi connectivity index (χ1v) is 6.05. The molecule has 0 radical (unpaired) electrons. The Morgan fingerprint density at radius 1 is 1.16 bits per heavy atom. The third-order valence-corrected chi connectivity index (χ3v) is 3.78. The quantitative estimate of drug-likeness (QED) is 0.866. The SMILES string of the molecule is CC1Cc2c(C(=O)O)c1cc1cc(C(=O)O)ccc21. The van der Waals surface area contributed by atoms with Crippen molar-refractivity contribution in [1.29, 1.82) is 0 Å². The van der Waals surface area contributed by atoms with Crippen molar-refractivity contribution in [3.05, 3.63) is 46.5 Å². The average Bonchev–Trinajstić information content (AvgIpc) is 2.60. The molecule has 2 aromatic carbocycles. The molecule has 2 aromatic rings. The fourth-order valence-electron chi connectivity index (χ4n) is 2.91. The van der Waals surface area contributed by atoms with Crippen LogP contribution < -0.4 is 0 Å². The van der Waals surface area contributed by atoms with Gasteiger partial charge in [-0.15, -0.1) is 0 Å². The average molecular weight is 256 g/mol. The highest BCUT2D eigenvalue weighted by atomic mass is 16.4. The number of carboxylic acids is 2. The fourth-order valence-corrected chi connectivity index (χ4v) is 2.91. The van der Waals surface area contributed by atoms with E-state index in [9.17, 15) is 14.7 Å². The van der Waals surface area contributed by atoms with Crippen LogP contribution in [0.3, 0.4) is 0 Å². The Hall–Kier alpha value is -2.36. The summed E-state index contributed by atoms with van der Waals surface area (Å²) in [4.78, 5) is 22.3. The third kappa shape index (κ3) is 1.60. The van der Waals surface area contributed by atoms with Crippen LogP contribution in [0.15, 0.2) is 24.3 Å². The van der Waals surface area contributed by atoms with Crippen molar-refractivity contribution < 1.29 is 19.8 Å². The Balaban J connectivity index is 2.35. The first-order chi connectivity index (χ1) is 8.99. The number of hydrogen-bond donors (Lipinski definition) is 2. The molecule has 2 N–H and O–H groups in total. The van der Waals surface area contributed by atoms with Crippen LogP contribution in [0.25, 0.3) is 10.8 Å². The molecule has 1 aliphatic carbocycles. The second-order valence-electron chi connectivity index (χ2n) is 4.97. The van der Waals surface area contributed by atoms with Crippen LogP contribution in [0.2, 0.25) is 0 Å². The molecule has 2 bridgehead atoms. The largest absolute Gasteiger partial charge is 0.478 e.